The molecular formula is C14H19N3OS. The number of nitrogens with two attached hydrogens (primary N) is 1. The number of pyridine rings is 1. The molecule has 2 heterocycles. The Balaban J connectivity index is 2.34. The van der Waals surface area contributed by atoms with Gasteiger partial charge in [-0.25, -0.2) is 4.98 Å². The lowest BCUT2D eigenvalue weighted by molar-refractivity contribution is 0.0799. The Labute approximate surface area is 117 Å². The molecule has 2 N–H and O–H groups in total. The van der Waals surface area contributed by atoms with Crippen molar-refractivity contribution in [1.29, 1.82) is 0 Å². The molecule has 2 aromatic heterocycles. The first-order valence-corrected chi connectivity index (χ1v) is 7.27. The molecule has 0 spiro atoms. The molecule has 0 aliphatic heterocycles. The molecule has 2 rings (SSSR count). The maximum absolute atomic E-state index is 12.4. The summed E-state index contributed by atoms with van der Waals surface area (Å²) in [6, 6.07) is 3.85. The van der Waals surface area contributed by atoms with E-state index in [1.807, 2.05) is 26.1 Å². The molecule has 5 heteroatoms. The topological polar surface area (TPSA) is 59.2 Å². The predicted molar refractivity (Wildman–Crippen MR) is 80.6 cm³/mol. The molecule has 2 aromatic rings. The van der Waals surface area contributed by atoms with Gasteiger partial charge in [0.15, 0.2) is 0 Å². The summed E-state index contributed by atoms with van der Waals surface area (Å²) in [7, 11) is 1.82. The number of hydrogen-bond acceptors (Lipinski definition) is 4. The fourth-order valence-electron chi connectivity index (χ4n) is 1.92. The van der Waals surface area contributed by atoms with Crippen LogP contribution < -0.4 is 5.73 Å². The Morgan fingerprint density at radius 1 is 1.47 bits per heavy atom. The summed E-state index contributed by atoms with van der Waals surface area (Å²) in [5, 5.41) is 0.878. The largest absolute Gasteiger partial charge is 0.397 e. The van der Waals surface area contributed by atoms with Crippen molar-refractivity contribution in [2.24, 2.45) is 0 Å². The van der Waals surface area contributed by atoms with Crippen LogP contribution in [0, 0.1) is 6.92 Å². The Morgan fingerprint density at radius 3 is 2.89 bits per heavy atom. The summed E-state index contributed by atoms with van der Waals surface area (Å²) in [6.07, 6.45) is 2.07. The molecule has 1 amide bonds. The standard InChI is InChI=1S/C14H19N3OS/c1-4-5-8-17(3)14(18)12-11(15)10-7-6-9(2)16-13(10)19-12/h6-7H,4-5,8,15H2,1-3H3. The zero-order chi connectivity index (χ0) is 14.0. The van der Waals surface area contributed by atoms with Gasteiger partial charge < -0.3 is 10.6 Å². The van der Waals surface area contributed by atoms with Crippen LogP contribution in [-0.4, -0.2) is 29.4 Å². The average molecular weight is 277 g/mol. The third kappa shape index (κ3) is 2.71. The number of rotatable bonds is 4. The number of nitrogen functional groups attached to an aromatic ring is 1. The van der Waals surface area contributed by atoms with Gasteiger partial charge in [0.2, 0.25) is 0 Å². The zero-order valence-electron chi connectivity index (χ0n) is 11.6. The van der Waals surface area contributed by atoms with E-state index in [2.05, 4.69) is 11.9 Å². The van der Waals surface area contributed by atoms with Gasteiger partial charge in [-0.2, -0.15) is 0 Å². The number of carbonyl (C=O) groups is 1. The Morgan fingerprint density at radius 2 is 2.21 bits per heavy atom. The number of aromatic nitrogens is 1. The molecule has 19 heavy (non-hydrogen) atoms. The summed E-state index contributed by atoms with van der Waals surface area (Å²) in [5.41, 5.74) is 7.57. The Bertz CT molecular complexity index is 606. The highest BCUT2D eigenvalue weighted by Crippen LogP contribution is 2.33. The van der Waals surface area contributed by atoms with Crippen LogP contribution in [-0.2, 0) is 0 Å². The second-order valence-electron chi connectivity index (χ2n) is 4.73. The summed E-state index contributed by atoms with van der Waals surface area (Å²) >= 11 is 1.38. The van der Waals surface area contributed by atoms with E-state index < -0.39 is 0 Å². The molecule has 0 fully saturated rings. The smallest absolute Gasteiger partial charge is 0.265 e. The second kappa shape index (κ2) is 5.57. The van der Waals surface area contributed by atoms with E-state index in [-0.39, 0.29) is 5.91 Å². The fraction of sp³-hybridized carbons (Fsp3) is 0.429. The number of thiophene rings is 1. The first-order chi connectivity index (χ1) is 9.04. The fourth-order valence-corrected chi connectivity index (χ4v) is 3.05. The van der Waals surface area contributed by atoms with E-state index in [0.29, 0.717) is 10.6 Å². The molecule has 0 atom stereocenters. The van der Waals surface area contributed by atoms with Gasteiger partial charge in [0.25, 0.3) is 5.91 Å². The molecule has 0 bridgehead atoms. The van der Waals surface area contributed by atoms with Crippen LogP contribution in [0.4, 0.5) is 5.69 Å². The molecule has 0 aliphatic carbocycles. The lowest BCUT2D eigenvalue weighted by atomic mass is 10.2. The first-order valence-electron chi connectivity index (χ1n) is 6.45. The Hall–Kier alpha value is -1.62. The molecular weight excluding hydrogens is 258 g/mol. The van der Waals surface area contributed by atoms with E-state index in [4.69, 9.17) is 5.73 Å². The predicted octanol–water partition coefficient (Wildman–Crippen LogP) is 3.06. The van der Waals surface area contributed by atoms with Gasteiger partial charge in [0.05, 0.1) is 5.69 Å². The van der Waals surface area contributed by atoms with Crippen molar-refractivity contribution < 1.29 is 4.79 Å². The van der Waals surface area contributed by atoms with Crippen molar-refractivity contribution in [3.05, 3.63) is 22.7 Å². The molecule has 102 valence electrons. The van der Waals surface area contributed by atoms with Gasteiger partial charge in [0, 0.05) is 24.7 Å². The van der Waals surface area contributed by atoms with Gasteiger partial charge in [0.1, 0.15) is 9.71 Å². The highest BCUT2D eigenvalue weighted by molar-refractivity contribution is 7.21. The van der Waals surface area contributed by atoms with Crippen LogP contribution in [0.5, 0.6) is 0 Å². The lowest BCUT2D eigenvalue weighted by Crippen LogP contribution is -2.27. The van der Waals surface area contributed by atoms with Crippen molar-refractivity contribution in [3.63, 3.8) is 0 Å². The second-order valence-corrected chi connectivity index (χ2v) is 5.73. The molecule has 0 unspecified atom stereocenters. The van der Waals surface area contributed by atoms with E-state index in [1.165, 1.54) is 11.3 Å². The number of aryl methyl sites for hydroxylation is 1. The molecule has 0 radical (unpaired) electrons. The van der Waals surface area contributed by atoms with Crippen molar-refractivity contribution in [1.82, 2.24) is 9.88 Å². The van der Waals surface area contributed by atoms with Crippen LogP contribution in [0.15, 0.2) is 12.1 Å². The highest BCUT2D eigenvalue weighted by Gasteiger charge is 2.20. The van der Waals surface area contributed by atoms with E-state index in [9.17, 15) is 4.79 Å². The first kappa shape index (κ1) is 13.8. The maximum atomic E-state index is 12.4. The quantitative estimate of drug-likeness (QED) is 0.934. The van der Waals surface area contributed by atoms with Crippen LogP contribution in [0.2, 0.25) is 0 Å². The van der Waals surface area contributed by atoms with Gasteiger partial charge >= 0.3 is 0 Å². The number of hydrogen-bond donors (Lipinski definition) is 1. The average Bonchev–Trinajstić information content (AvgIpc) is 2.71. The molecule has 0 aliphatic rings. The molecule has 0 aromatic carbocycles. The number of unbranched alkanes of at least 4 members (excludes halogenated alkanes) is 1. The summed E-state index contributed by atoms with van der Waals surface area (Å²) in [4.78, 5) is 20.0. The van der Waals surface area contributed by atoms with Gasteiger partial charge in [-0.05, 0) is 25.5 Å². The highest BCUT2D eigenvalue weighted by atomic mass is 32.1. The monoisotopic (exact) mass is 277 g/mol. The van der Waals surface area contributed by atoms with Crippen LogP contribution >= 0.6 is 11.3 Å². The van der Waals surface area contributed by atoms with Crippen molar-refractivity contribution in [2.45, 2.75) is 26.7 Å². The molecule has 4 nitrogen and oxygen atoms in total. The van der Waals surface area contributed by atoms with Gasteiger partial charge in [-0.15, -0.1) is 11.3 Å². The van der Waals surface area contributed by atoms with Gasteiger partial charge in [-0.1, -0.05) is 13.3 Å². The lowest BCUT2D eigenvalue weighted by Gasteiger charge is -2.15. The summed E-state index contributed by atoms with van der Waals surface area (Å²) < 4.78 is 0. The Kier molecular flexibility index (Phi) is 4.04. The van der Waals surface area contributed by atoms with E-state index in [0.717, 1.165) is 35.3 Å². The van der Waals surface area contributed by atoms with Crippen molar-refractivity contribution >= 4 is 33.1 Å². The zero-order valence-corrected chi connectivity index (χ0v) is 12.4. The summed E-state index contributed by atoms with van der Waals surface area (Å²) in [5.74, 6) is -0.00777. The van der Waals surface area contributed by atoms with Crippen LogP contribution in [0.1, 0.15) is 35.1 Å². The minimum absolute atomic E-state index is 0.00777. The number of amides is 1. The molecule has 0 saturated heterocycles. The van der Waals surface area contributed by atoms with Crippen molar-refractivity contribution in [2.75, 3.05) is 19.3 Å². The molecule has 0 saturated carbocycles. The number of carbonyl (C=O) groups excluding carboxylic acids is 1. The van der Waals surface area contributed by atoms with E-state index >= 15 is 0 Å². The van der Waals surface area contributed by atoms with Gasteiger partial charge in [-0.3, -0.25) is 4.79 Å². The van der Waals surface area contributed by atoms with Crippen LogP contribution in [0.25, 0.3) is 10.2 Å². The number of nitrogens with zero attached hydrogens (tertiary/aromatic N) is 2. The normalized spacial score (nSPS) is 10.9. The third-order valence-corrected chi connectivity index (χ3v) is 4.22. The third-order valence-electron chi connectivity index (χ3n) is 3.12. The minimum atomic E-state index is -0.00777. The minimum Gasteiger partial charge on any atom is -0.397 e. The number of fused-ring (bicyclic) bond motifs is 1. The summed E-state index contributed by atoms with van der Waals surface area (Å²) in [6.45, 7) is 4.80. The van der Waals surface area contributed by atoms with Crippen LogP contribution in [0.3, 0.4) is 0 Å². The SMILES string of the molecule is CCCCN(C)C(=O)c1sc2nc(C)ccc2c1N. The van der Waals surface area contributed by atoms with E-state index in [1.54, 1.807) is 4.90 Å². The van der Waals surface area contributed by atoms with Crippen molar-refractivity contribution in [3.8, 4) is 0 Å². The number of anilines is 1. The maximum Gasteiger partial charge on any atom is 0.265 e.